The van der Waals surface area contributed by atoms with Gasteiger partial charge in [0, 0.05) is 45.3 Å². The molecule has 22 heavy (non-hydrogen) atoms. The molecule has 0 atom stereocenters. The van der Waals surface area contributed by atoms with Gasteiger partial charge in [-0.2, -0.15) is 0 Å². The van der Waals surface area contributed by atoms with Gasteiger partial charge in [-0.15, -0.1) is 0 Å². The first kappa shape index (κ1) is 14.7. The number of nitrogens with one attached hydrogen (secondary N) is 1. The molecule has 0 saturated carbocycles. The van der Waals surface area contributed by atoms with E-state index in [0.717, 1.165) is 13.1 Å². The highest BCUT2D eigenvalue weighted by molar-refractivity contribution is 5.81. The third kappa shape index (κ3) is 3.01. The molecule has 116 valence electrons. The van der Waals surface area contributed by atoms with Gasteiger partial charge in [-0.1, -0.05) is 6.07 Å². The molecule has 0 radical (unpaired) electrons. The van der Waals surface area contributed by atoms with Crippen molar-refractivity contribution in [2.75, 3.05) is 26.2 Å². The van der Waals surface area contributed by atoms with Gasteiger partial charge in [-0.3, -0.25) is 9.59 Å². The number of benzene rings is 1. The smallest absolute Gasteiger partial charge is 0.258 e. The lowest BCUT2D eigenvalue weighted by Crippen LogP contribution is -2.46. The molecule has 1 aromatic carbocycles. The van der Waals surface area contributed by atoms with Gasteiger partial charge >= 0.3 is 0 Å². The van der Waals surface area contributed by atoms with Gasteiger partial charge in [-0.05, 0) is 23.6 Å². The lowest BCUT2D eigenvalue weighted by atomic mass is 10.1. The van der Waals surface area contributed by atoms with Gasteiger partial charge in [0.1, 0.15) is 5.82 Å². The summed E-state index contributed by atoms with van der Waals surface area (Å²) in [5, 5.41) is 4.24. The number of amides is 1. The second-order valence-corrected chi connectivity index (χ2v) is 5.43. The number of fused-ring (bicyclic) bond motifs is 1. The molecule has 3 rings (SSSR count). The first-order valence-electron chi connectivity index (χ1n) is 7.42. The summed E-state index contributed by atoms with van der Waals surface area (Å²) in [6.45, 7) is 3.34. The zero-order valence-electron chi connectivity index (χ0n) is 12.2. The quantitative estimate of drug-likeness (QED) is 0.919. The van der Waals surface area contributed by atoms with Crippen molar-refractivity contribution in [1.29, 1.82) is 0 Å². The van der Waals surface area contributed by atoms with Crippen LogP contribution in [-0.2, 0) is 11.3 Å². The first-order chi connectivity index (χ1) is 10.6. The minimum absolute atomic E-state index is 0.0488. The molecule has 5 nitrogen and oxygen atoms in total. The minimum atomic E-state index is -0.431. The lowest BCUT2D eigenvalue weighted by Gasteiger charge is -2.27. The fourth-order valence-electron chi connectivity index (χ4n) is 2.72. The van der Waals surface area contributed by atoms with Gasteiger partial charge in [0.25, 0.3) is 5.56 Å². The van der Waals surface area contributed by atoms with E-state index >= 15 is 0 Å². The van der Waals surface area contributed by atoms with Crippen LogP contribution in [0.5, 0.6) is 0 Å². The van der Waals surface area contributed by atoms with Gasteiger partial charge in [0.05, 0.1) is 5.39 Å². The number of carbonyl (C=O) groups is 1. The van der Waals surface area contributed by atoms with E-state index in [0.29, 0.717) is 30.4 Å². The molecule has 1 aromatic heterocycles. The summed E-state index contributed by atoms with van der Waals surface area (Å²) in [4.78, 5) is 26.3. The number of aryl methyl sites for hydroxylation is 1. The highest BCUT2D eigenvalue weighted by Crippen LogP contribution is 2.11. The van der Waals surface area contributed by atoms with Crippen molar-refractivity contribution in [3.63, 3.8) is 0 Å². The molecule has 6 heteroatoms. The Bertz CT molecular complexity index is 751. The maximum absolute atomic E-state index is 13.3. The zero-order valence-corrected chi connectivity index (χ0v) is 12.2. The Morgan fingerprint density at radius 3 is 2.77 bits per heavy atom. The minimum Gasteiger partial charge on any atom is -0.340 e. The standard InChI is InChI=1S/C16H18FN3O2/c17-13-2-1-12-3-7-20(16(22)14(12)11-13)8-4-15(21)19-9-5-18-6-10-19/h1-3,7,11,18H,4-6,8-10H2. The number of halogens is 1. The Morgan fingerprint density at radius 1 is 1.23 bits per heavy atom. The van der Waals surface area contributed by atoms with Crippen LogP contribution in [0, 0.1) is 5.82 Å². The molecule has 2 heterocycles. The van der Waals surface area contributed by atoms with Crippen LogP contribution in [0.25, 0.3) is 10.8 Å². The maximum Gasteiger partial charge on any atom is 0.258 e. The van der Waals surface area contributed by atoms with Gasteiger partial charge in [0.15, 0.2) is 0 Å². The fraction of sp³-hybridized carbons (Fsp3) is 0.375. The molecule has 1 aliphatic rings. The number of pyridine rings is 1. The zero-order chi connectivity index (χ0) is 15.5. The van der Waals surface area contributed by atoms with Crippen molar-refractivity contribution in [1.82, 2.24) is 14.8 Å². The van der Waals surface area contributed by atoms with Crippen LogP contribution in [0.1, 0.15) is 6.42 Å². The van der Waals surface area contributed by atoms with Crippen molar-refractivity contribution < 1.29 is 9.18 Å². The molecule has 0 spiro atoms. The lowest BCUT2D eigenvalue weighted by molar-refractivity contribution is -0.132. The van der Waals surface area contributed by atoms with Crippen molar-refractivity contribution in [3.8, 4) is 0 Å². The Labute approximate surface area is 127 Å². The Morgan fingerprint density at radius 2 is 2.00 bits per heavy atom. The topological polar surface area (TPSA) is 54.3 Å². The molecule has 2 aromatic rings. The van der Waals surface area contributed by atoms with E-state index in [9.17, 15) is 14.0 Å². The predicted molar refractivity (Wildman–Crippen MR) is 82.2 cm³/mol. The summed E-state index contributed by atoms with van der Waals surface area (Å²) >= 11 is 0. The highest BCUT2D eigenvalue weighted by atomic mass is 19.1. The average molecular weight is 303 g/mol. The molecule has 0 unspecified atom stereocenters. The molecule has 0 bridgehead atoms. The number of hydrogen-bond donors (Lipinski definition) is 1. The third-order valence-electron chi connectivity index (χ3n) is 3.98. The van der Waals surface area contributed by atoms with E-state index in [1.54, 1.807) is 18.3 Å². The number of nitrogens with zero attached hydrogens (tertiary/aromatic N) is 2. The van der Waals surface area contributed by atoms with Crippen LogP contribution in [0.15, 0.2) is 35.3 Å². The largest absolute Gasteiger partial charge is 0.340 e. The van der Waals surface area contributed by atoms with Crippen LogP contribution in [0.2, 0.25) is 0 Å². The second-order valence-electron chi connectivity index (χ2n) is 5.43. The molecule has 1 aliphatic heterocycles. The molecular formula is C16H18FN3O2. The van der Waals surface area contributed by atoms with Crippen molar-refractivity contribution in [2.45, 2.75) is 13.0 Å². The number of piperazine rings is 1. The van der Waals surface area contributed by atoms with Crippen LogP contribution < -0.4 is 10.9 Å². The molecule has 0 aliphatic carbocycles. The van der Waals surface area contributed by atoms with E-state index in [2.05, 4.69) is 5.32 Å². The summed E-state index contributed by atoms with van der Waals surface area (Å²) in [5.74, 6) is -0.382. The van der Waals surface area contributed by atoms with Gasteiger partial charge < -0.3 is 14.8 Å². The van der Waals surface area contributed by atoms with Crippen LogP contribution in [0.4, 0.5) is 4.39 Å². The van der Waals surface area contributed by atoms with E-state index in [4.69, 9.17) is 0 Å². The van der Waals surface area contributed by atoms with Crippen molar-refractivity contribution in [2.24, 2.45) is 0 Å². The Hall–Kier alpha value is -2.21. The second kappa shape index (κ2) is 6.27. The van der Waals surface area contributed by atoms with Crippen LogP contribution in [0.3, 0.4) is 0 Å². The van der Waals surface area contributed by atoms with E-state index < -0.39 is 5.82 Å². The summed E-state index contributed by atoms with van der Waals surface area (Å²) in [6, 6.07) is 5.93. The molecular weight excluding hydrogens is 285 g/mol. The normalized spacial score (nSPS) is 15.2. The first-order valence-corrected chi connectivity index (χ1v) is 7.42. The van der Waals surface area contributed by atoms with Crippen molar-refractivity contribution in [3.05, 3.63) is 46.6 Å². The maximum atomic E-state index is 13.3. The summed E-state index contributed by atoms with van der Waals surface area (Å²) in [5.41, 5.74) is -0.259. The number of rotatable bonds is 3. The fourth-order valence-corrected chi connectivity index (χ4v) is 2.72. The summed E-state index contributed by atoms with van der Waals surface area (Å²) in [6.07, 6.45) is 1.94. The highest BCUT2D eigenvalue weighted by Gasteiger charge is 2.16. The summed E-state index contributed by atoms with van der Waals surface area (Å²) in [7, 11) is 0. The van der Waals surface area contributed by atoms with E-state index in [1.165, 1.54) is 16.7 Å². The monoisotopic (exact) mass is 303 g/mol. The number of hydrogen-bond acceptors (Lipinski definition) is 3. The van der Waals surface area contributed by atoms with Crippen molar-refractivity contribution >= 4 is 16.7 Å². The Balaban J connectivity index is 1.75. The van der Waals surface area contributed by atoms with Crippen LogP contribution >= 0.6 is 0 Å². The predicted octanol–water partition coefficient (Wildman–Crippen LogP) is 0.962. The van der Waals surface area contributed by atoms with Gasteiger partial charge in [0.2, 0.25) is 5.91 Å². The molecule has 1 amide bonds. The number of aromatic nitrogens is 1. The summed E-state index contributed by atoms with van der Waals surface area (Å²) < 4.78 is 14.8. The van der Waals surface area contributed by atoms with E-state index in [1.807, 2.05) is 4.90 Å². The Kier molecular flexibility index (Phi) is 4.20. The van der Waals surface area contributed by atoms with Gasteiger partial charge in [-0.25, -0.2) is 4.39 Å². The van der Waals surface area contributed by atoms with Crippen LogP contribution in [-0.4, -0.2) is 41.6 Å². The molecule has 1 N–H and O–H groups in total. The SMILES string of the molecule is O=C(CCn1ccc2ccc(F)cc2c1=O)N1CCNCC1. The molecule has 1 fully saturated rings. The molecule has 1 saturated heterocycles. The third-order valence-corrected chi connectivity index (χ3v) is 3.98. The average Bonchev–Trinajstić information content (AvgIpc) is 2.55. The number of carbonyl (C=O) groups excluding carboxylic acids is 1. The van der Waals surface area contributed by atoms with E-state index in [-0.39, 0.29) is 17.9 Å².